The zero-order valence-electron chi connectivity index (χ0n) is 18.5. The molecule has 1 N–H and O–H groups in total. The third kappa shape index (κ3) is 7.13. The van der Waals surface area contributed by atoms with Gasteiger partial charge in [-0.3, -0.25) is 4.79 Å². The Morgan fingerprint density at radius 1 is 1.10 bits per heavy atom. The largest absolute Gasteiger partial charge is 0.396 e. The van der Waals surface area contributed by atoms with Crippen LogP contribution in [0.15, 0.2) is 12.2 Å². The summed E-state index contributed by atoms with van der Waals surface area (Å²) in [6.45, 7) is 3.52. The molecule has 3 fully saturated rings. The summed E-state index contributed by atoms with van der Waals surface area (Å²) in [5.41, 5.74) is 0. The average molecular weight is 425 g/mol. The lowest BCUT2D eigenvalue weighted by molar-refractivity contribution is -0.193. The number of rotatable bonds is 11. The fraction of sp³-hybridized carbons (Fsp3) is 0.875. The Kier molecular flexibility index (Phi) is 10.3. The minimum atomic E-state index is -0.405. The first-order valence-electron chi connectivity index (χ1n) is 12.1. The van der Waals surface area contributed by atoms with Crippen LogP contribution in [-0.2, 0) is 23.7 Å². The van der Waals surface area contributed by atoms with Crippen molar-refractivity contribution in [2.75, 3.05) is 19.8 Å². The Balaban J connectivity index is 1.64. The van der Waals surface area contributed by atoms with Gasteiger partial charge in [0.05, 0.1) is 18.8 Å². The lowest BCUT2D eigenvalue weighted by Gasteiger charge is -2.29. The van der Waals surface area contributed by atoms with E-state index in [4.69, 9.17) is 18.9 Å². The standard InChI is InChI=1S/C24H40O6/c1-2-3-4-9-18(29-23-10-5-7-14-27-23)12-13-19-20(17-25)21(26)16-22(19)30-24-11-6-8-15-28-24/h12-13,18-20,22-25H,2-11,14-17H2,1H3. The van der Waals surface area contributed by atoms with Crippen LogP contribution in [0.2, 0.25) is 0 Å². The van der Waals surface area contributed by atoms with E-state index in [2.05, 4.69) is 19.1 Å². The summed E-state index contributed by atoms with van der Waals surface area (Å²) < 4.78 is 23.9. The van der Waals surface area contributed by atoms with E-state index in [-0.39, 0.29) is 43.1 Å². The minimum Gasteiger partial charge on any atom is -0.396 e. The van der Waals surface area contributed by atoms with Crippen LogP contribution in [0.25, 0.3) is 0 Å². The number of hydrogen-bond acceptors (Lipinski definition) is 6. The van der Waals surface area contributed by atoms with Crippen molar-refractivity contribution in [2.24, 2.45) is 11.8 Å². The first-order valence-corrected chi connectivity index (χ1v) is 12.1. The summed E-state index contributed by atoms with van der Waals surface area (Å²) in [6, 6.07) is 0. The van der Waals surface area contributed by atoms with Crippen molar-refractivity contribution in [2.45, 2.75) is 102 Å². The first kappa shape index (κ1) is 23.9. The molecule has 6 unspecified atom stereocenters. The average Bonchev–Trinajstić information content (AvgIpc) is 3.07. The molecular formula is C24H40O6. The highest BCUT2D eigenvalue weighted by atomic mass is 16.7. The van der Waals surface area contributed by atoms with Crippen molar-refractivity contribution in [3.63, 3.8) is 0 Å². The molecule has 6 nitrogen and oxygen atoms in total. The van der Waals surface area contributed by atoms with Crippen LogP contribution < -0.4 is 0 Å². The summed E-state index contributed by atoms with van der Waals surface area (Å²) in [4.78, 5) is 12.5. The maximum absolute atomic E-state index is 12.5. The number of carbonyl (C=O) groups is 1. The topological polar surface area (TPSA) is 74.2 Å². The Morgan fingerprint density at radius 3 is 2.47 bits per heavy atom. The van der Waals surface area contributed by atoms with Crippen LogP contribution in [0.4, 0.5) is 0 Å². The van der Waals surface area contributed by atoms with Gasteiger partial charge < -0.3 is 24.1 Å². The van der Waals surface area contributed by atoms with Crippen LogP contribution in [0, 0.1) is 11.8 Å². The fourth-order valence-electron chi connectivity index (χ4n) is 4.66. The number of unbranched alkanes of at least 4 members (excludes halogenated alkanes) is 2. The van der Waals surface area contributed by atoms with Gasteiger partial charge in [0.2, 0.25) is 0 Å². The number of ether oxygens (including phenoxy) is 4. The van der Waals surface area contributed by atoms with Gasteiger partial charge in [0.25, 0.3) is 0 Å². The van der Waals surface area contributed by atoms with Crippen LogP contribution in [-0.4, -0.2) is 55.5 Å². The predicted molar refractivity (Wildman–Crippen MR) is 114 cm³/mol. The quantitative estimate of drug-likeness (QED) is 0.397. The maximum atomic E-state index is 12.5. The van der Waals surface area contributed by atoms with Crippen molar-refractivity contribution in [1.29, 1.82) is 0 Å². The number of ketones is 1. The van der Waals surface area contributed by atoms with Crippen molar-refractivity contribution in [1.82, 2.24) is 0 Å². The Labute approximate surface area is 181 Å². The lowest BCUT2D eigenvalue weighted by atomic mass is 9.93. The zero-order chi connectivity index (χ0) is 21.2. The van der Waals surface area contributed by atoms with Gasteiger partial charge in [-0.1, -0.05) is 38.3 Å². The third-order valence-electron chi connectivity index (χ3n) is 6.48. The van der Waals surface area contributed by atoms with E-state index >= 15 is 0 Å². The molecule has 6 heteroatoms. The highest BCUT2D eigenvalue weighted by Crippen LogP contribution is 2.35. The van der Waals surface area contributed by atoms with Crippen LogP contribution in [0.3, 0.4) is 0 Å². The van der Waals surface area contributed by atoms with Gasteiger partial charge in [0.15, 0.2) is 12.6 Å². The van der Waals surface area contributed by atoms with Crippen molar-refractivity contribution >= 4 is 5.78 Å². The number of aliphatic hydroxyl groups is 1. The normalized spacial score (nSPS) is 33.9. The predicted octanol–water partition coefficient (Wildman–Crippen LogP) is 4.14. The molecular weight excluding hydrogens is 384 g/mol. The van der Waals surface area contributed by atoms with E-state index in [1.807, 2.05) is 0 Å². The molecule has 0 aromatic rings. The van der Waals surface area contributed by atoms with Gasteiger partial charge >= 0.3 is 0 Å². The van der Waals surface area contributed by atoms with Gasteiger partial charge in [0, 0.05) is 31.5 Å². The molecule has 2 heterocycles. The molecule has 3 rings (SSSR count). The maximum Gasteiger partial charge on any atom is 0.158 e. The van der Waals surface area contributed by atoms with E-state index in [0.29, 0.717) is 13.0 Å². The Hall–Kier alpha value is -0.790. The minimum absolute atomic E-state index is 0.0405. The number of carbonyl (C=O) groups excluding carboxylic acids is 1. The molecule has 0 bridgehead atoms. The number of hydrogen-bond donors (Lipinski definition) is 1. The lowest BCUT2D eigenvalue weighted by Crippen LogP contribution is -2.31. The zero-order valence-corrected chi connectivity index (χ0v) is 18.5. The molecule has 0 aromatic carbocycles. The molecule has 30 heavy (non-hydrogen) atoms. The second kappa shape index (κ2) is 12.9. The summed E-state index contributed by atoms with van der Waals surface area (Å²) in [6.07, 6.45) is 14.4. The highest BCUT2D eigenvalue weighted by molar-refractivity contribution is 5.84. The molecule has 172 valence electrons. The van der Waals surface area contributed by atoms with E-state index in [1.54, 1.807) is 0 Å². The van der Waals surface area contributed by atoms with Gasteiger partial charge in [0.1, 0.15) is 5.78 Å². The summed E-state index contributed by atoms with van der Waals surface area (Å²) in [5, 5.41) is 9.84. The Bertz CT molecular complexity index is 524. The monoisotopic (exact) mass is 424 g/mol. The smallest absolute Gasteiger partial charge is 0.158 e. The summed E-state index contributed by atoms with van der Waals surface area (Å²) >= 11 is 0. The van der Waals surface area contributed by atoms with Crippen molar-refractivity contribution in [3.8, 4) is 0 Å². The Morgan fingerprint density at radius 2 is 1.83 bits per heavy atom. The highest BCUT2D eigenvalue weighted by Gasteiger charge is 2.42. The first-order chi connectivity index (χ1) is 14.7. The molecule has 1 saturated carbocycles. The van der Waals surface area contributed by atoms with E-state index in [1.165, 1.54) is 6.42 Å². The molecule has 0 amide bonds. The molecule has 0 spiro atoms. The number of aliphatic hydroxyl groups excluding tert-OH is 1. The molecule has 0 aromatic heterocycles. The molecule has 2 saturated heterocycles. The second-order valence-corrected chi connectivity index (χ2v) is 8.86. The van der Waals surface area contributed by atoms with Crippen molar-refractivity contribution < 1.29 is 28.8 Å². The molecule has 3 aliphatic rings. The second-order valence-electron chi connectivity index (χ2n) is 8.86. The van der Waals surface area contributed by atoms with E-state index in [0.717, 1.165) is 64.4 Å². The third-order valence-corrected chi connectivity index (χ3v) is 6.48. The summed E-state index contributed by atoms with van der Waals surface area (Å²) in [7, 11) is 0. The molecule has 1 aliphatic carbocycles. The van der Waals surface area contributed by atoms with Gasteiger partial charge in [-0.15, -0.1) is 0 Å². The van der Waals surface area contributed by atoms with Crippen LogP contribution in [0.5, 0.6) is 0 Å². The molecule has 6 atom stereocenters. The fourth-order valence-corrected chi connectivity index (χ4v) is 4.66. The molecule has 2 aliphatic heterocycles. The van der Waals surface area contributed by atoms with Gasteiger partial charge in [-0.2, -0.15) is 0 Å². The van der Waals surface area contributed by atoms with E-state index < -0.39 is 5.92 Å². The van der Waals surface area contributed by atoms with Crippen LogP contribution in [0.1, 0.15) is 77.6 Å². The van der Waals surface area contributed by atoms with E-state index in [9.17, 15) is 9.90 Å². The van der Waals surface area contributed by atoms with Gasteiger partial charge in [-0.25, -0.2) is 0 Å². The number of Topliss-reactive ketones (excluding diaryl/α,β-unsaturated/α-hetero) is 1. The SMILES string of the molecule is CCCCCC(C=CC1C(OC2CCCCO2)CC(=O)C1CO)OC1CCCCO1. The van der Waals surface area contributed by atoms with Crippen molar-refractivity contribution in [3.05, 3.63) is 12.2 Å². The summed E-state index contributed by atoms with van der Waals surface area (Å²) in [5.74, 6) is -0.471. The van der Waals surface area contributed by atoms with Gasteiger partial charge in [-0.05, 0) is 44.9 Å². The molecule has 0 radical (unpaired) electrons. The van der Waals surface area contributed by atoms with Crippen LogP contribution >= 0.6 is 0 Å².